The number of hydrogen-bond acceptors (Lipinski definition) is 7. The van der Waals surface area contributed by atoms with Gasteiger partial charge in [-0.05, 0) is 30.7 Å². The number of aryl methyl sites for hydroxylation is 1. The highest BCUT2D eigenvalue weighted by molar-refractivity contribution is 5.92. The first-order valence-corrected chi connectivity index (χ1v) is 9.76. The van der Waals surface area contributed by atoms with Gasteiger partial charge in [0.15, 0.2) is 0 Å². The summed E-state index contributed by atoms with van der Waals surface area (Å²) in [5.41, 5.74) is 1.17. The second-order valence-corrected chi connectivity index (χ2v) is 6.81. The van der Waals surface area contributed by atoms with Crippen molar-refractivity contribution in [3.63, 3.8) is 0 Å². The third-order valence-corrected chi connectivity index (χ3v) is 4.67. The van der Waals surface area contributed by atoms with Crippen molar-refractivity contribution in [2.75, 3.05) is 19.5 Å². The van der Waals surface area contributed by atoms with Crippen molar-refractivity contribution in [2.24, 2.45) is 0 Å². The molecule has 3 aromatic rings. The minimum atomic E-state index is -0.553. The molecule has 1 aromatic heterocycles. The number of nitro groups is 1. The zero-order valence-corrected chi connectivity index (χ0v) is 17.6. The molecule has 0 aliphatic rings. The van der Waals surface area contributed by atoms with Gasteiger partial charge >= 0.3 is 0 Å². The van der Waals surface area contributed by atoms with Gasteiger partial charge in [0, 0.05) is 36.7 Å². The molecule has 10 nitrogen and oxygen atoms in total. The summed E-state index contributed by atoms with van der Waals surface area (Å²) in [5.74, 6) is 0.629. The van der Waals surface area contributed by atoms with E-state index < -0.39 is 4.92 Å². The Morgan fingerprint density at radius 1 is 1.12 bits per heavy atom. The molecule has 1 heterocycles. The molecule has 0 spiro atoms. The van der Waals surface area contributed by atoms with Crippen LogP contribution in [0.5, 0.6) is 11.5 Å². The number of methoxy groups -OCH3 is 2. The maximum absolute atomic E-state index is 12.3. The average Bonchev–Trinajstić information content (AvgIpc) is 2.80. The van der Waals surface area contributed by atoms with E-state index in [0.29, 0.717) is 23.6 Å². The van der Waals surface area contributed by atoms with Crippen LogP contribution < -0.4 is 20.3 Å². The zero-order valence-electron chi connectivity index (χ0n) is 17.6. The van der Waals surface area contributed by atoms with E-state index >= 15 is 0 Å². The van der Waals surface area contributed by atoms with Gasteiger partial charge in [0.05, 0.1) is 30.5 Å². The molecule has 0 aliphatic carbocycles. The van der Waals surface area contributed by atoms with Gasteiger partial charge < -0.3 is 14.8 Å². The van der Waals surface area contributed by atoms with Crippen molar-refractivity contribution >= 4 is 17.3 Å². The fourth-order valence-electron chi connectivity index (χ4n) is 3.05. The van der Waals surface area contributed by atoms with Gasteiger partial charge in [0.1, 0.15) is 11.5 Å². The highest BCUT2D eigenvalue weighted by atomic mass is 16.6. The first-order valence-electron chi connectivity index (χ1n) is 9.76. The summed E-state index contributed by atoms with van der Waals surface area (Å²) in [6, 6.07) is 14.3. The maximum atomic E-state index is 12.3. The van der Waals surface area contributed by atoms with Crippen molar-refractivity contribution in [1.29, 1.82) is 0 Å². The van der Waals surface area contributed by atoms with Crippen LogP contribution in [0, 0.1) is 10.1 Å². The molecule has 0 radical (unpaired) electrons. The smallest absolute Gasteiger partial charge is 0.271 e. The first-order chi connectivity index (χ1) is 15.4. The van der Waals surface area contributed by atoms with Gasteiger partial charge in [-0.3, -0.25) is 19.7 Å². The zero-order chi connectivity index (χ0) is 23.1. The van der Waals surface area contributed by atoms with E-state index in [0.717, 1.165) is 5.56 Å². The summed E-state index contributed by atoms with van der Waals surface area (Å²) in [6.45, 7) is 0.232. The number of aromatic nitrogens is 2. The molecule has 0 bridgehead atoms. The Kier molecular flexibility index (Phi) is 7.17. The minimum Gasteiger partial charge on any atom is -0.497 e. The summed E-state index contributed by atoms with van der Waals surface area (Å²) in [4.78, 5) is 34.9. The Bertz CT molecular complexity index is 1190. The quantitative estimate of drug-likeness (QED) is 0.401. The first kappa shape index (κ1) is 22.5. The lowest BCUT2D eigenvalue weighted by atomic mass is 10.1. The van der Waals surface area contributed by atoms with Crippen LogP contribution in [0.4, 0.5) is 11.4 Å². The number of nitrogens with zero attached hydrogens (tertiary/aromatic N) is 3. The molecule has 0 saturated heterocycles. The second-order valence-electron chi connectivity index (χ2n) is 6.81. The average molecular weight is 438 g/mol. The van der Waals surface area contributed by atoms with Gasteiger partial charge in [-0.15, -0.1) is 0 Å². The van der Waals surface area contributed by atoms with Crippen LogP contribution in [0.1, 0.15) is 12.8 Å². The Morgan fingerprint density at radius 3 is 2.66 bits per heavy atom. The summed E-state index contributed by atoms with van der Waals surface area (Å²) in [5, 5.41) is 18.0. The van der Waals surface area contributed by atoms with Gasteiger partial charge in [-0.1, -0.05) is 12.1 Å². The number of hydrogen-bond donors (Lipinski definition) is 1. The number of amides is 1. The molecular formula is C22H22N4O6. The number of anilines is 1. The maximum Gasteiger partial charge on any atom is 0.271 e. The van der Waals surface area contributed by atoms with Crippen molar-refractivity contribution in [3.05, 3.63) is 75.1 Å². The van der Waals surface area contributed by atoms with E-state index in [2.05, 4.69) is 10.4 Å². The molecule has 0 unspecified atom stereocenters. The summed E-state index contributed by atoms with van der Waals surface area (Å²) < 4.78 is 11.7. The second kappa shape index (κ2) is 10.2. The Balaban J connectivity index is 1.65. The standard InChI is InChI=1S/C22H22N4O6/c1-31-17-6-3-5-15(13-17)18-9-11-22(28)25(24-18)12-4-7-21(27)23-19-14-16(26(29)30)8-10-20(19)32-2/h3,5-6,8-11,13-14H,4,7,12H2,1-2H3,(H,23,27). The predicted molar refractivity (Wildman–Crippen MR) is 118 cm³/mol. The van der Waals surface area contributed by atoms with E-state index in [1.165, 1.54) is 36.1 Å². The Hall–Kier alpha value is -4.21. The third-order valence-electron chi connectivity index (χ3n) is 4.67. The molecule has 3 rings (SSSR count). The van der Waals surface area contributed by atoms with Crippen LogP contribution in [-0.4, -0.2) is 34.8 Å². The Labute approximate surface area is 183 Å². The van der Waals surface area contributed by atoms with Gasteiger partial charge in [-0.2, -0.15) is 5.10 Å². The number of ether oxygens (including phenoxy) is 2. The van der Waals surface area contributed by atoms with Crippen LogP contribution in [0.3, 0.4) is 0 Å². The molecule has 1 N–H and O–H groups in total. The van der Waals surface area contributed by atoms with E-state index in [1.807, 2.05) is 24.3 Å². The molecule has 2 aromatic carbocycles. The minimum absolute atomic E-state index is 0.0867. The van der Waals surface area contributed by atoms with Crippen LogP contribution in [-0.2, 0) is 11.3 Å². The predicted octanol–water partition coefficient (Wildman–Crippen LogP) is 3.25. The van der Waals surface area contributed by atoms with Crippen molar-refractivity contribution < 1.29 is 19.2 Å². The van der Waals surface area contributed by atoms with Crippen LogP contribution in [0.25, 0.3) is 11.3 Å². The molecule has 0 aliphatic heterocycles. The molecule has 0 atom stereocenters. The van der Waals surface area contributed by atoms with E-state index in [4.69, 9.17) is 9.47 Å². The highest BCUT2D eigenvalue weighted by Gasteiger charge is 2.14. The van der Waals surface area contributed by atoms with Gasteiger partial charge in [-0.25, -0.2) is 4.68 Å². The summed E-state index contributed by atoms with van der Waals surface area (Å²) in [7, 11) is 2.98. The van der Waals surface area contributed by atoms with Crippen molar-refractivity contribution in [1.82, 2.24) is 9.78 Å². The number of non-ortho nitro benzene ring substituents is 1. The van der Waals surface area contributed by atoms with Crippen LogP contribution in [0.2, 0.25) is 0 Å². The topological polar surface area (TPSA) is 126 Å². The number of carbonyl (C=O) groups excluding carboxylic acids is 1. The molecule has 1 amide bonds. The van der Waals surface area contributed by atoms with E-state index in [-0.39, 0.29) is 35.8 Å². The molecule has 32 heavy (non-hydrogen) atoms. The fraction of sp³-hybridized carbons (Fsp3) is 0.227. The number of benzene rings is 2. The SMILES string of the molecule is COc1cccc(-c2ccc(=O)n(CCCC(=O)Nc3cc([N+](=O)[O-])ccc3OC)n2)c1. The number of nitrogens with one attached hydrogen (secondary N) is 1. The van der Waals surface area contributed by atoms with E-state index in [1.54, 1.807) is 13.2 Å². The highest BCUT2D eigenvalue weighted by Crippen LogP contribution is 2.29. The molecule has 0 saturated carbocycles. The third kappa shape index (κ3) is 5.48. The van der Waals surface area contributed by atoms with Crippen LogP contribution >= 0.6 is 0 Å². The molecular weight excluding hydrogens is 416 g/mol. The lowest BCUT2D eigenvalue weighted by Gasteiger charge is -2.11. The van der Waals surface area contributed by atoms with Crippen molar-refractivity contribution in [2.45, 2.75) is 19.4 Å². The normalized spacial score (nSPS) is 10.4. The molecule has 166 valence electrons. The lowest BCUT2D eigenvalue weighted by Crippen LogP contribution is -2.23. The summed E-state index contributed by atoms with van der Waals surface area (Å²) >= 11 is 0. The monoisotopic (exact) mass is 438 g/mol. The number of rotatable bonds is 9. The summed E-state index contributed by atoms with van der Waals surface area (Å²) in [6.07, 6.45) is 0.431. The number of nitro benzene ring substituents is 1. The van der Waals surface area contributed by atoms with Gasteiger partial charge in [0.25, 0.3) is 11.2 Å². The molecule has 10 heteroatoms. The Morgan fingerprint density at radius 2 is 1.94 bits per heavy atom. The van der Waals surface area contributed by atoms with Crippen LogP contribution in [0.15, 0.2) is 59.4 Å². The lowest BCUT2D eigenvalue weighted by molar-refractivity contribution is -0.384. The number of carbonyl (C=O) groups is 1. The largest absolute Gasteiger partial charge is 0.497 e. The fourth-order valence-corrected chi connectivity index (χ4v) is 3.05. The molecule has 0 fully saturated rings. The van der Waals surface area contributed by atoms with Gasteiger partial charge in [0.2, 0.25) is 5.91 Å². The van der Waals surface area contributed by atoms with Crippen molar-refractivity contribution in [3.8, 4) is 22.8 Å². The van der Waals surface area contributed by atoms with E-state index in [9.17, 15) is 19.7 Å².